The lowest BCUT2D eigenvalue weighted by Gasteiger charge is -2.15. The van der Waals surface area contributed by atoms with Crippen molar-refractivity contribution >= 4 is 22.8 Å². The van der Waals surface area contributed by atoms with Crippen LogP contribution < -0.4 is 5.73 Å². The lowest BCUT2D eigenvalue weighted by atomic mass is 9.89. The number of hydrogen-bond acceptors (Lipinski definition) is 2. The molecule has 1 aliphatic rings. The number of nitrogens with zero attached hydrogens (tertiary/aromatic N) is 1. The maximum Gasteiger partial charge on any atom is 0.267 e. The number of primary amides is 1. The SMILES string of the molecule is NC(=O)c1ncccc1-c1cc2c3c(cccc3c1)CC=C2. The quantitative estimate of drug-likeness (QED) is 0.783. The first-order valence-corrected chi connectivity index (χ1v) is 7.21. The van der Waals surface area contributed by atoms with Gasteiger partial charge in [-0.1, -0.05) is 36.4 Å². The van der Waals surface area contributed by atoms with Gasteiger partial charge in [0.1, 0.15) is 5.69 Å². The van der Waals surface area contributed by atoms with Crippen LogP contribution in [0, 0.1) is 0 Å². The number of benzene rings is 2. The van der Waals surface area contributed by atoms with E-state index in [1.165, 1.54) is 21.9 Å². The van der Waals surface area contributed by atoms with E-state index in [-0.39, 0.29) is 0 Å². The highest BCUT2D eigenvalue weighted by Gasteiger charge is 2.14. The number of hydrogen-bond donors (Lipinski definition) is 1. The van der Waals surface area contributed by atoms with Crippen molar-refractivity contribution in [3.8, 4) is 11.1 Å². The van der Waals surface area contributed by atoms with E-state index in [1.807, 2.05) is 12.1 Å². The Hall–Kier alpha value is -2.94. The molecule has 1 aliphatic carbocycles. The van der Waals surface area contributed by atoms with Gasteiger partial charge in [-0.15, -0.1) is 0 Å². The average molecular weight is 286 g/mol. The number of amides is 1. The number of allylic oxidation sites excluding steroid dienone is 1. The molecule has 0 saturated carbocycles. The molecule has 0 radical (unpaired) electrons. The Morgan fingerprint density at radius 1 is 1.14 bits per heavy atom. The zero-order valence-electron chi connectivity index (χ0n) is 11.9. The van der Waals surface area contributed by atoms with Crippen molar-refractivity contribution in [3.63, 3.8) is 0 Å². The Labute approximate surface area is 128 Å². The molecule has 3 nitrogen and oxygen atoms in total. The minimum atomic E-state index is -0.506. The number of carbonyl (C=O) groups excluding carboxylic acids is 1. The first kappa shape index (κ1) is 12.8. The van der Waals surface area contributed by atoms with Gasteiger partial charge in [-0.2, -0.15) is 0 Å². The molecule has 0 atom stereocenters. The molecular weight excluding hydrogens is 272 g/mol. The summed E-state index contributed by atoms with van der Waals surface area (Å²) in [6.45, 7) is 0. The third-order valence-corrected chi connectivity index (χ3v) is 4.08. The topological polar surface area (TPSA) is 56.0 Å². The average Bonchev–Trinajstić information content (AvgIpc) is 2.55. The van der Waals surface area contributed by atoms with E-state index in [9.17, 15) is 4.79 Å². The molecule has 0 fully saturated rings. The van der Waals surface area contributed by atoms with Crippen molar-refractivity contribution in [1.82, 2.24) is 4.98 Å². The summed E-state index contributed by atoms with van der Waals surface area (Å²) in [5.74, 6) is -0.506. The van der Waals surface area contributed by atoms with E-state index >= 15 is 0 Å². The summed E-state index contributed by atoms with van der Waals surface area (Å²) in [6.07, 6.45) is 6.86. The zero-order chi connectivity index (χ0) is 15.1. The van der Waals surface area contributed by atoms with Crippen LogP contribution in [-0.4, -0.2) is 10.9 Å². The Morgan fingerprint density at radius 2 is 2.05 bits per heavy atom. The third-order valence-electron chi connectivity index (χ3n) is 4.08. The molecule has 2 aromatic carbocycles. The normalized spacial score (nSPS) is 12.5. The van der Waals surface area contributed by atoms with E-state index in [4.69, 9.17) is 5.73 Å². The lowest BCUT2D eigenvalue weighted by molar-refractivity contribution is 0.0996. The van der Waals surface area contributed by atoms with E-state index < -0.39 is 5.91 Å². The number of carbonyl (C=O) groups is 1. The van der Waals surface area contributed by atoms with Crippen LogP contribution in [-0.2, 0) is 6.42 Å². The van der Waals surface area contributed by atoms with Crippen LogP contribution in [0.3, 0.4) is 0 Å². The molecule has 3 aromatic rings. The largest absolute Gasteiger partial charge is 0.364 e. The predicted molar refractivity (Wildman–Crippen MR) is 88.4 cm³/mol. The summed E-state index contributed by atoms with van der Waals surface area (Å²) in [7, 11) is 0. The van der Waals surface area contributed by atoms with Crippen LogP contribution >= 0.6 is 0 Å². The second-order valence-corrected chi connectivity index (χ2v) is 5.45. The molecule has 1 amide bonds. The molecule has 1 aromatic heterocycles. The predicted octanol–water partition coefficient (Wildman–Crippen LogP) is 3.57. The highest BCUT2D eigenvalue weighted by Crippen LogP contribution is 2.34. The second kappa shape index (κ2) is 4.81. The maximum atomic E-state index is 11.6. The van der Waals surface area contributed by atoms with Crippen molar-refractivity contribution in [2.24, 2.45) is 5.73 Å². The molecule has 0 spiro atoms. The van der Waals surface area contributed by atoms with Gasteiger partial charge in [-0.05, 0) is 52.1 Å². The van der Waals surface area contributed by atoms with E-state index in [1.54, 1.807) is 6.20 Å². The van der Waals surface area contributed by atoms with Gasteiger partial charge in [0.2, 0.25) is 0 Å². The zero-order valence-corrected chi connectivity index (χ0v) is 11.9. The van der Waals surface area contributed by atoms with Crippen LogP contribution in [0.4, 0.5) is 0 Å². The van der Waals surface area contributed by atoms with Crippen molar-refractivity contribution in [3.05, 3.63) is 71.6 Å². The number of aromatic nitrogens is 1. The first-order valence-electron chi connectivity index (χ1n) is 7.21. The minimum absolute atomic E-state index is 0.310. The van der Waals surface area contributed by atoms with Gasteiger partial charge in [-0.25, -0.2) is 0 Å². The Kier molecular flexibility index (Phi) is 2.79. The minimum Gasteiger partial charge on any atom is -0.364 e. The summed E-state index contributed by atoms with van der Waals surface area (Å²) < 4.78 is 0. The van der Waals surface area contributed by atoms with E-state index in [0.717, 1.165) is 17.5 Å². The van der Waals surface area contributed by atoms with Crippen LogP contribution in [0.25, 0.3) is 28.0 Å². The third kappa shape index (κ3) is 1.91. The highest BCUT2D eigenvalue weighted by molar-refractivity contribution is 6.02. The molecule has 0 saturated heterocycles. The highest BCUT2D eigenvalue weighted by atomic mass is 16.1. The fraction of sp³-hybridized carbons (Fsp3) is 0.0526. The summed E-state index contributed by atoms with van der Waals surface area (Å²) in [4.78, 5) is 15.8. The first-order chi connectivity index (χ1) is 10.7. The van der Waals surface area contributed by atoms with E-state index in [2.05, 4.69) is 47.5 Å². The molecule has 1 heterocycles. The summed E-state index contributed by atoms with van der Waals surface area (Å²) in [5, 5.41) is 2.46. The van der Waals surface area contributed by atoms with E-state index in [0.29, 0.717) is 5.69 Å². The Morgan fingerprint density at radius 3 is 2.91 bits per heavy atom. The smallest absolute Gasteiger partial charge is 0.267 e. The van der Waals surface area contributed by atoms with Crippen molar-refractivity contribution in [2.75, 3.05) is 0 Å². The molecule has 0 unspecified atom stereocenters. The van der Waals surface area contributed by atoms with Gasteiger partial charge >= 0.3 is 0 Å². The second-order valence-electron chi connectivity index (χ2n) is 5.45. The summed E-state index contributed by atoms with van der Waals surface area (Å²) in [5.41, 5.74) is 10.0. The van der Waals surface area contributed by atoms with Gasteiger partial charge in [0.15, 0.2) is 0 Å². The molecule has 4 rings (SSSR count). The molecule has 3 heteroatoms. The molecule has 22 heavy (non-hydrogen) atoms. The van der Waals surface area contributed by atoms with Crippen molar-refractivity contribution < 1.29 is 4.79 Å². The van der Waals surface area contributed by atoms with Gasteiger partial charge in [0.05, 0.1) is 0 Å². The number of nitrogens with two attached hydrogens (primary N) is 1. The molecular formula is C19H14N2O. The standard InChI is InChI=1S/C19H14N2O/c20-19(22)18-16(8-3-9-21-18)15-10-13-6-1-4-12-5-2-7-14(11-15)17(12)13/h1-4,6-11H,5H2,(H2,20,22). The van der Waals surface area contributed by atoms with Gasteiger partial charge < -0.3 is 5.73 Å². The lowest BCUT2D eigenvalue weighted by Crippen LogP contribution is -2.14. The molecule has 2 N–H and O–H groups in total. The van der Waals surface area contributed by atoms with Crippen molar-refractivity contribution in [2.45, 2.75) is 6.42 Å². The number of rotatable bonds is 2. The summed E-state index contributed by atoms with van der Waals surface area (Å²) in [6, 6.07) is 14.2. The molecule has 0 aliphatic heterocycles. The van der Waals surface area contributed by atoms with Crippen molar-refractivity contribution in [1.29, 1.82) is 0 Å². The number of pyridine rings is 1. The molecule has 0 bridgehead atoms. The maximum absolute atomic E-state index is 11.6. The monoisotopic (exact) mass is 286 g/mol. The summed E-state index contributed by atoms with van der Waals surface area (Å²) >= 11 is 0. The fourth-order valence-corrected chi connectivity index (χ4v) is 3.15. The van der Waals surface area contributed by atoms with Crippen LogP contribution in [0.5, 0.6) is 0 Å². The fourth-order valence-electron chi connectivity index (χ4n) is 3.15. The van der Waals surface area contributed by atoms with Gasteiger partial charge in [0.25, 0.3) is 5.91 Å². The van der Waals surface area contributed by atoms with Gasteiger partial charge in [0, 0.05) is 11.8 Å². The molecule has 106 valence electrons. The Bertz CT molecular complexity index is 941. The van der Waals surface area contributed by atoms with Gasteiger partial charge in [-0.3, -0.25) is 9.78 Å². The van der Waals surface area contributed by atoms with Crippen LogP contribution in [0.1, 0.15) is 21.6 Å². The Balaban J connectivity index is 2.03. The van der Waals surface area contributed by atoms with Crippen LogP contribution in [0.15, 0.2) is 54.7 Å². The van der Waals surface area contributed by atoms with Crippen LogP contribution in [0.2, 0.25) is 0 Å².